The zero-order valence-corrected chi connectivity index (χ0v) is 12.7. The molecule has 1 atom stereocenters. The highest BCUT2D eigenvalue weighted by molar-refractivity contribution is 14.1. The van der Waals surface area contributed by atoms with Crippen LogP contribution in [-0.2, 0) is 7.05 Å². The predicted octanol–water partition coefficient (Wildman–Crippen LogP) is 3.85. The van der Waals surface area contributed by atoms with E-state index in [1.807, 2.05) is 22.6 Å². The number of aromatic nitrogens is 2. The normalized spacial score (nSPS) is 13.8. The van der Waals surface area contributed by atoms with Crippen molar-refractivity contribution in [3.63, 3.8) is 0 Å². The van der Waals surface area contributed by atoms with Crippen LogP contribution < -0.4 is 4.74 Å². The summed E-state index contributed by atoms with van der Waals surface area (Å²) in [5.74, 6) is -1.33. The fourth-order valence-corrected chi connectivity index (χ4v) is 2.60. The number of hydrogen-bond acceptors (Lipinski definition) is 2. The van der Waals surface area contributed by atoms with Gasteiger partial charge < -0.3 is 4.74 Å². The molecular weight excluding hydrogens is 372 g/mol. The van der Waals surface area contributed by atoms with Crippen LogP contribution in [0.2, 0.25) is 0 Å². The first-order chi connectivity index (χ1) is 8.77. The van der Waals surface area contributed by atoms with Gasteiger partial charge in [0.1, 0.15) is 9.45 Å². The van der Waals surface area contributed by atoms with E-state index in [-0.39, 0.29) is 11.3 Å². The first kappa shape index (κ1) is 14.4. The van der Waals surface area contributed by atoms with E-state index in [9.17, 15) is 13.2 Å². The number of nitrogens with zero attached hydrogens (tertiary/aromatic N) is 2. The van der Waals surface area contributed by atoms with Crippen molar-refractivity contribution in [2.45, 2.75) is 19.0 Å². The maximum atomic E-state index is 12.9. The highest BCUT2D eigenvalue weighted by atomic mass is 127. The van der Waals surface area contributed by atoms with Crippen LogP contribution in [0.3, 0.4) is 0 Å². The Morgan fingerprint density at radius 2 is 2.00 bits per heavy atom. The molecule has 104 valence electrons. The Labute approximate surface area is 121 Å². The standard InChI is InChI=1S/C12H12F3IN2O/c1-6(12(13,14)15)7-4-5-8-9(10(7)19-3)11(16)18(2)17-8/h4-6H,1-3H3. The number of halogens is 4. The van der Waals surface area contributed by atoms with Crippen LogP contribution in [0, 0.1) is 3.70 Å². The van der Waals surface area contributed by atoms with E-state index in [1.165, 1.54) is 13.2 Å². The molecule has 1 heterocycles. The maximum absolute atomic E-state index is 12.9. The van der Waals surface area contributed by atoms with E-state index >= 15 is 0 Å². The number of ether oxygens (including phenoxy) is 1. The third-order valence-electron chi connectivity index (χ3n) is 3.08. The largest absolute Gasteiger partial charge is 0.496 e. The fourth-order valence-electron chi connectivity index (χ4n) is 1.98. The molecule has 0 fully saturated rings. The molecule has 0 saturated carbocycles. The average molecular weight is 384 g/mol. The van der Waals surface area contributed by atoms with Crippen LogP contribution in [0.15, 0.2) is 12.1 Å². The van der Waals surface area contributed by atoms with Gasteiger partial charge >= 0.3 is 6.18 Å². The molecular formula is C12H12F3IN2O. The van der Waals surface area contributed by atoms with E-state index in [2.05, 4.69) is 5.10 Å². The Morgan fingerprint density at radius 1 is 1.37 bits per heavy atom. The van der Waals surface area contributed by atoms with Gasteiger partial charge in [-0.15, -0.1) is 0 Å². The van der Waals surface area contributed by atoms with Crippen molar-refractivity contribution in [3.8, 4) is 5.75 Å². The molecule has 0 spiro atoms. The highest BCUT2D eigenvalue weighted by Gasteiger charge is 2.39. The molecule has 0 saturated heterocycles. The SMILES string of the molecule is COc1c(C(C)C(F)(F)F)ccc2nn(C)c(I)c12. The summed E-state index contributed by atoms with van der Waals surface area (Å²) in [6.45, 7) is 1.13. The van der Waals surface area contributed by atoms with E-state index in [0.717, 1.165) is 10.6 Å². The van der Waals surface area contributed by atoms with Crippen molar-refractivity contribution in [2.75, 3.05) is 7.11 Å². The van der Waals surface area contributed by atoms with Crippen LogP contribution in [0.25, 0.3) is 10.9 Å². The van der Waals surface area contributed by atoms with Gasteiger partial charge in [0, 0.05) is 12.6 Å². The predicted molar refractivity (Wildman–Crippen MR) is 74.5 cm³/mol. The summed E-state index contributed by atoms with van der Waals surface area (Å²) in [4.78, 5) is 0. The highest BCUT2D eigenvalue weighted by Crippen LogP contribution is 2.42. The molecule has 2 rings (SSSR count). The van der Waals surface area contributed by atoms with Crippen LogP contribution in [0.5, 0.6) is 5.75 Å². The second-order valence-corrected chi connectivity index (χ2v) is 5.28. The minimum absolute atomic E-state index is 0.133. The lowest BCUT2D eigenvalue weighted by Gasteiger charge is -2.19. The van der Waals surface area contributed by atoms with Crippen molar-refractivity contribution < 1.29 is 17.9 Å². The Morgan fingerprint density at radius 3 is 2.53 bits per heavy atom. The smallest absolute Gasteiger partial charge is 0.395 e. The molecule has 0 amide bonds. The number of fused-ring (bicyclic) bond motifs is 1. The Balaban J connectivity index is 2.73. The van der Waals surface area contributed by atoms with Crippen molar-refractivity contribution in [3.05, 3.63) is 21.4 Å². The second kappa shape index (κ2) is 4.84. The number of rotatable bonds is 2. The first-order valence-corrected chi connectivity index (χ1v) is 6.61. The first-order valence-electron chi connectivity index (χ1n) is 5.53. The molecule has 2 aromatic rings. The molecule has 0 aliphatic rings. The van der Waals surface area contributed by atoms with E-state index < -0.39 is 12.1 Å². The van der Waals surface area contributed by atoms with E-state index in [4.69, 9.17) is 4.74 Å². The zero-order valence-electron chi connectivity index (χ0n) is 10.5. The molecule has 1 aromatic heterocycles. The quantitative estimate of drug-likeness (QED) is 0.736. The van der Waals surface area contributed by atoms with Gasteiger partial charge in [0.25, 0.3) is 0 Å². The summed E-state index contributed by atoms with van der Waals surface area (Å²) < 4.78 is 46.2. The van der Waals surface area contributed by atoms with Gasteiger partial charge in [-0.3, -0.25) is 4.68 Å². The topological polar surface area (TPSA) is 27.1 Å². The lowest BCUT2D eigenvalue weighted by molar-refractivity contribution is -0.146. The Kier molecular flexibility index (Phi) is 3.67. The van der Waals surface area contributed by atoms with Gasteiger partial charge in [-0.1, -0.05) is 6.07 Å². The molecule has 0 aliphatic carbocycles. The third kappa shape index (κ3) is 2.39. The van der Waals surface area contributed by atoms with Crippen molar-refractivity contribution in [1.82, 2.24) is 9.78 Å². The molecule has 0 N–H and O–H groups in total. The molecule has 0 bridgehead atoms. The van der Waals surface area contributed by atoms with E-state index in [0.29, 0.717) is 10.9 Å². The van der Waals surface area contributed by atoms with Crippen LogP contribution in [0.1, 0.15) is 18.4 Å². The average Bonchev–Trinajstić information content (AvgIpc) is 2.62. The Bertz CT molecular complexity index is 621. The van der Waals surface area contributed by atoms with Crippen LogP contribution in [0.4, 0.5) is 13.2 Å². The summed E-state index contributed by atoms with van der Waals surface area (Å²) in [6, 6.07) is 3.03. The maximum Gasteiger partial charge on any atom is 0.395 e. The number of alkyl halides is 3. The number of methoxy groups -OCH3 is 1. The summed E-state index contributed by atoms with van der Waals surface area (Å²) in [6.07, 6.45) is -4.30. The summed E-state index contributed by atoms with van der Waals surface area (Å²) in [5.41, 5.74) is 0.760. The molecule has 1 unspecified atom stereocenters. The zero-order chi connectivity index (χ0) is 14.4. The number of aryl methyl sites for hydroxylation is 1. The van der Waals surface area contributed by atoms with Crippen LogP contribution >= 0.6 is 22.6 Å². The van der Waals surface area contributed by atoms with Crippen molar-refractivity contribution >= 4 is 33.5 Å². The van der Waals surface area contributed by atoms with Gasteiger partial charge in [-0.25, -0.2) is 0 Å². The van der Waals surface area contributed by atoms with Gasteiger partial charge in [-0.2, -0.15) is 18.3 Å². The Hall–Kier alpha value is -0.990. The molecule has 3 nitrogen and oxygen atoms in total. The molecule has 7 heteroatoms. The van der Waals surface area contributed by atoms with Gasteiger partial charge in [0.05, 0.1) is 23.9 Å². The minimum Gasteiger partial charge on any atom is -0.496 e. The minimum atomic E-state index is -4.30. The van der Waals surface area contributed by atoms with Gasteiger partial charge in [0.15, 0.2) is 0 Å². The van der Waals surface area contributed by atoms with Crippen molar-refractivity contribution in [1.29, 1.82) is 0 Å². The molecule has 1 aromatic carbocycles. The molecule has 0 radical (unpaired) electrons. The lowest BCUT2D eigenvalue weighted by Crippen LogP contribution is -2.18. The fraction of sp³-hybridized carbons (Fsp3) is 0.417. The van der Waals surface area contributed by atoms with Gasteiger partial charge in [-0.05, 0) is 35.6 Å². The summed E-state index contributed by atoms with van der Waals surface area (Å²) >= 11 is 2.05. The van der Waals surface area contributed by atoms with E-state index in [1.54, 1.807) is 17.8 Å². The second-order valence-electron chi connectivity index (χ2n) is 4.26. The third-order valence-corrected chi connectivity index (χ3v) is 4.31. The van der Waals surface area contributed by atoms with Crippen LogP contribution in [-0.4, -0.2) is 23.1 Å². The monoisotopic (exact) mass is 384 g/mol. The molecule has 19 heavy (non-hydrogen) atoms. The number of benzene rings is 1. The van der Waals surface area contributed by atoms with Crippen molar-refractivity contribution in [2.24, 2.45) is 7.05 Å². The summed E-state index contributed by atoms with van der Waals surface area (Å²) in [5, 5.41) is 4.86. The molecule has 0 aliphatic heterocycles. The van der Waals surface area contributed by atoms with Gasteiger partial charge in [0.2, 0.25) is 0 Å². The number of hydrogen-bond donors (Lipinski definition) is 0. The lowest BCUT2D eigenvalue weighted by atomic mass is 9.98. The summed E-state index contributed by atoms with van der Waals surface area (Å²) in [7, 11) is 3.12.